The van der Waals surface area contributed by atoms with Gasteiger partial charge in [-0.1, -0.05) is 0 Å². The molecule has 1 aliphatic rings. The van der Waals surface area contributed by atoms with Crippen LogP contribution >= 0.6 is 0 Å². The van der Waals surface area contributed by atoms with Crippen LogP contribution in [0.4, 0.5) is 0 Å². The Kier molecular flexibility index (Phi) is 6.43. The fraction of sp³-hybridized carbons (Fsp3) is 0.933. The first-order valence-corrected chi connectivity index (χ1v) is 7.55. The fourth-order valence-electron chi connectivity index (χ4n) is 2.95. The summed E-state index contributed by atoms with van der Waals surface area (Å²) in [4.78, 5) is 16.2. The topological polar surface area (TPSA) is 53.0 Å². The fourth-order valence-corrected chi connectivity index (χ4v) is 2.95. The third-order valence-corrected chi connectivity index (χ3v) is 3.79. The molecule has 0 spiro atoms. The summed E-state index contributed by atoms with van der Waals surface area (Å²) < 4.78 is 5.28. The second-order valence-corrected chi connectivity index (χ2v) is 6.50. The minimum Gasteiger partial charge on any atom is -0.388 e. The van der Waals surface area contributed by atoms with Crippen molar-refractivity contribution in [2.75, 3.05) is 33.4 Å². The maximum absolute atomic E-state index is 12.4. The van der Waals surface area contributed by atoms with Crippen molar-refractivity contribution in [3.63, 3.8) is 0 Å². The molecular formula is C15H30N2O3. The molecule has 0 aromatic heterocycles. The molecule has 0 aliphatic carbocycles. The average molecular weight is 286 g/mol. The minimum atomic E-state index is -0.715. The number of rotatable bonds is 6. The molecule has 1 N–H and O–H groups in total. The van der Waals surface area contributed by atoms with Crippen LogP contribution in [-0.4, -0.2) is 71.8 Å². The largest absolute Gasteiger partial charge is 0.388 e. The van der Waals surface area contributed by atoms with Crippen LogP contribution in [0.3, 0.4) is 0 Å². The summed E-state index contributed by atoms with van der Waals surface area (Å²) in [6, 6.07) is 0.393. The number of hydrogen-bond acceptors (Lipinski definition) is 4. The lowest BCUT2D eigenvalue weighted by Crippen LogP contribution is -2.50. The van der Waals surface area contributed by atoms with Gasteiger partial charge in [0.05, 0.1) is 12.1 Å². The van der Waals surface area contributed by atoms with Gasteiger partial charge in [-0.15, -0.1) is 0 Å². The molecule has 0 unspecified atom stereocenters. The van der Waals surface area contributed by atoms with E-state index in [1.165, 1.54) is 0 Å². The summed E-state index contributed by atoms with van der Waals surface area (Å²) in [5.74, 6) is 0.119. The van der Waals surface area contributed by atoms with Gasteiger partial charge in [-0.25, -0.2) is 0 Å². The van der Waals surface area contributed by atoms with Crippen molar-refractivity contribution in [3.8, 4) is 0 Å². The third-order valence-electron chi connectivity index (χ3n) is 3.79. The van der Waals surface area contributed by atoms with E-state index < -0.39 is 5.60 Å². The highest BCUT2D eigenvalue weighted by Gasteiger charge is 2.32. The van der Waals surface area contributed by atoms with Crippen molar-refractivity contribution in [2.45, 2.75) is 58.2 Å². The summed E-state index contributed by atoms with van der Waals surface area (Å²) in [6.45, 7) is 10.2. The average Bonchev–Trinajstić information content (AvgIpc) is 2.27. The standard InChI is InChI=1S/C15H30N2O3/c1-12(2)17(13(3)4)14(18)10-16(5)11-15(19)6-8-20-9-7-15/h12-13,19H,6-11H2,1-5H3. The highest BCUT2D eigenvalue weighted by Crippen LogP contribution is 2.21. The first-order valence-electron chi connectivity index (χ1n) is 7.55. The smallest absolute Gasteiger partial charge is 0.237 e. The quantitative estimate of drug-likeness (QED) is 0.794. The molecule has 1 aliphatic heterocycles. The molecule has 0 atom stereocenters. The second-order valence-electron chi connectivity index (χ2n) is 6.50. The number of carbonyl (C=O) groups is 1. The lowest BCUT2D eigenvalue weighted by atomic mass is 9.94. The highest BCUT2D eigenvalue weighted by atomic mass is 16.5. The van der Waals surface area contributed by atoms with E-state index >= 15 is 0 Å². The number of hydrogen-bond donors (Lipinski definition) is 1. The molecule has 1 fully saturated rings. The number of aliphatic hydroxyl groups is 1. The van der Waals surface area contributed by atoms with Crippen molar-refractivity contribution in [1.82, 2.24) is 9.80 Å². The lowest BCUT2D eigenvalue weighted by Gasteiger charge is -2.37. The van der Waals surface area contributed by atoms with E-state index in [2.05, 4.69) is 0 Å². The van der Waals surface area contributed by atoms with Crippen LogP contribution in [0.15, 0.2) is 0 Å². The Labute approximate surface area is 122 Å². The molecule has 1 heterocycles. The normalized spacial score (nSPS) is 18.9. The van der Waals surface area contributed by atoms with E-state index in [4.69, 9.17) is 4.74 Å². The Hall–Kier alpha value is -0.650. The van der Waals surface area contributed by atoms with Crippen LogP contribution in [0, 0.1) is 0 Å². The Morgan fingerprint density at radius 1 is 1.20 bits per heavy atom. The van der Waals surface area contributed by atoms with Crippen LogP contribution in [0.1, 0.15) is 40.5 Å². The Balaban J connectivity index is 2.52. The van der Waals surface area contributed by atoms with E-state index in [0.29, 0.717) is 39.1 Å². The molecule has 1 rings (SSSR count). The Morgan fingerprint density at radius 2 is 1.70 bits per heavy atom. The van der Waals surface area contributed by atoms with E-state index in [1.54, 1.807) is 0 Å². The molecular weight excluding hydrogens is 256 g/mol. The van der Waals surface area contributed by atoms with Crippen LogP contribution < -0.4 is 0 Å². The van der Waals surface area contributed by atoms with Gasteiger partial charge in [0, 0.05) is 44.7 Å². The summed E-state index contributed by atoms with van der Waals surface area (Å²) >= 11 is 0. The number of nitrogens with zero attached hydrogens (tertiary/aromatic N) is 2. The molecule has 118 valence electrons. The van der Waals surface area contributed by atoms with Gasteiger partial charge in [0.2, 0.25) is 5.91 Å². The van der Waals surface area contributed by atoms with E-state index in [-0.39, 0.29) is 18.0 Å². The van der Waals surface area contributed by atoms with Crippen molar-refractivity contribution >= 4 is 5.91 Å². The number of carbonyl (C=O) groups excluding carboxylic acids is 1. The number of likely N-dealkylation sites (N-methyl/N-ethyl adjacent to an activating group) is 1. The second kappa shape index (κ2) is 7.38. The van der Waals surface area contributed by atoms with Gasteiger partial charge < -0.3 is 14.7 Å². The predicted molar refractivity (Wildman–Crippen MR) is 79.6 cm³/mol. The molecule has 1 amide bonds. The molecule has 0 radical (unpaired) electrons. The first kappa shape index (κ1) is 17.4. The van der Waals surface area contributed by atoms with Gasteiger partial charge in [0.15, 0.2) is 0 Å². The summed E-state index contributed by atoms with van der Waals surface area (Å²) in [5, 5.41) is 10.5. The van der Waals surface area contributed by atoms with Gasteiger partial charge in [0.25, 0.3) is 0 Å². The SMILES string of the molecule is CC(C)N(C(=O)CN(C)CC1(O)CCOCC1)C(C)C. The minimum absolute atomic E-state index is 0.119. The van der Waals surface area contributed by atoms with Gasteiger partial charge in [0.1, 0.15) is 0 Å². The highest BCUT2D eigenvalue weighted by molar-refractivity contribution is 5.78. The van der Waals surface area contributed by atoms with Gasteiger partial charge in [-0.3, -0.25) is 9.69 Å². The van der Waals surface area contributed by atoms with Crippen molar-refractivity contribution < 1.29 is 14.6 Å². The Morgan fingerprint density at radius 3 is 2.15 bits per heavy atom. The van der Waals surface area contributed by atoms with Crippen LogP contribution in [0.2, 0.25) is 0 Å². The zero-order chi connectivity index (χ0) is 15.3. The maximum atomic E-state index is 12.4. The predicted octanol–water partition coefficient (Wildman–Crippen LogP) is 1.11. The van der Waals surface area contributed by atoms with Crippen LogP contribution in [-0.2, 0) is 9.53 Å². The molecule has 0 aromatic rings. The monoisotopic (exact) mass is 286 g/mol. The third kappa shape index (κ3) is 5.04. The van der Waals surface area contributed by atoms with Crippen LogP contribution in [0.25, 0.3) is 0 Å². The van der Waals surface area contributed by atoms with E-state index in [9.17, 15) is 9.90 Å². The molecule has 1 saturated heterocycles. The van der Waals surface area contributed by atoms with Gasteiger partial charge >= 0.3 is 0 Å². The molecule has 5 heteroatoms. The summed E-state index contributed by atoms with van der Waals surface area (Å²) in [5.41, 5.74) is -0.715. The molecule has 5 nitrogen and oxygen atoms in total. The maximum Gasteiger partial charge on any atom is 0.237 e. The van der Waals surface area contributed by atoms with E-state index in [1.807, 2.05) is 44.5 Å². The summed E-state index contributed by atoms with van der Waals surface area (Å²) in [7, 11) is 1.89. The first-order chi connectivity index (χ1) is 9.25. The van der Waals surface area contributed by atoms with E-state index in [0.717, 1.165) is 0 Å². The number of amides is 1. The van der Waals surface area contributed by atoms with Crippen LogP contribution in [0.5, 0.6) is 0 Å². The number of ether oxygens (including phenoxy) is 1. The molecule has 0 bridgehead atoms. The van der Waals surface area contributed by atoms with Gasteiger partial charge in [-0.05, 0) is 34.7 Å². The van der Waals surface area contributed by atoms with Crippen molar-refractivity contribution in [1.29, 1.82) is 0 Å². The zero-order valence-electron chi connectivity index (χ0n) is 13.6. The molecule has 0 saturated carbocycles. The van der Waals surface area contributed by atoms with Gasteiger partial charge in [-0.2, -0.15) is 0 Å². The van der Waals surface area contributed by atoms with Crippen molar-refractivity contribution in [3.05, 3.63) is 0 Å². The zero-order valence-corrected chi connectivity index (χ0v) is 13.6. The summed E-state index contributed by atoms with van der Waals surface area (Å²) in [6.07, 6.45) is 1.28. The van der Waals surface area contributed by atoms with Crippen molar-refractivity contribution in [2.24, 2.45) is 0 Å². The Bertz CT molecular complexity index is 304. The lowest BCUT2D eigenvalue weighted by molar-refractivity contribution is -0.137. The molecule has 20 heavy (non-hydrogen) atoms. The molecule has 0 aromatic carbocycles.